The van der Waals surface area contributed by atoms with Crippen molar-refractivity contribution in [3.8, 4) is 56.4 Å². The van der Waals surface area contributed by atoms with Crippen LogP contribution in [0.15, 0.2) is 152 Å². The Morgan fingerprint density at radius 2 is 0.851 bits per heavy atom. The molecule has 3 nitrogen and oxygen atoms in total. The fourth-order valence-electron chi connectivity index (χ4n) is 7.47. The third-order valence-electron chi connectivity index (χ3n) is 9.76. The quantitative estimate of drug-likeness (QED) is 0.185. The fourth-order valence-corrected chi connectivity index (χ4v) is 10.6. The van der Waals surface area contributed by atoms with Crippen LogP contribution in [0.25, 0.3) is 78.0 Å². The maximum absolute atomic E-state index is 5.29. The van der Waals surface area contributed by atoms with Crippen LogP contribution in [0, 0.1) is 0 Å². The minimum absolute atomic E-state index is 0.674. The number of nitrogens with zero attached hydrogens (tertiary/aromatic N) is 3. The summed E-state index contributed by atoms with van der Waals surface area (Å²) in [5.74, 6) is 2.05. The van der Waals surface area contributed by atoms with E-state index in [9.17, 15) is 0 Å². The second-order valence-electron chi connectivity index (χ2n) is 12.8. The lowest BCUT2D eigenvalue weighted by atomic mass is 9.92. The molecular formula is C43H31N3Si. The summed E-state index contributed by atoms with van der Waals surface area (Å²) in [5, 5.41) is 7.67. The van der Waals surface area contributed by atoms with E-state index in [2.05, 4.69) is 147 Å². The van der Waals surface area contributed by atoms with Gasteiger partial charge in [0.25, 0.3) is 0 Å². The van der Waals surface area contributed by atoms with Crippen molar-refractivity contribution in [1.29, 1.82) is 0 Å². The molecule has 8 aromatic rings. The van der Waals surface area contributed by atoms with Gasteiger partial charge in [0.15, 0.2) is 17.5 Å². The first-order valence-electron chi connectivity index (χ1n) is 16.1. The molecule has 0 saturated heterocycles. The highest BCUT2D eigenvalue weighted by Gasteiger charge is 2.38. The van der Waals surface area contributed by atoms with E-state index in [1.807, 2.05) is 18.2 Å². The third kappa shape index (κ3) is 4.37. The average Bonchev–Trinajstić information content (AvgIpc) is 3.37. The molecule has 222 valence electrons. The molecule has 0 unspecified atom stereocenters. The van der Waals surface area contributed by atoms with Crippen molar-refractivity contribution >= 4 is 40.0 Å². The van der Waals surface area contributed by atoms with Crippen molar-refractivity contribution in [2.75, 3.05) is 0 Å². The predicted octanol–water partition coefficient (Wildman–Crippen LogP) is 9.65. The van der Waals surface area contributed by atoms with Crippen LogP contribution in [0.5, 0.6) is 0 Å². The first-order chi connectivity index (χ1) is 23.1. The molecule has 4 heteroatoms. The largest absolute Gasteiger partial charge is 0.208 e. The van der Waals surface area contributed by atoms with Crippen LogP contribution in [0.2, 0.25) is 13.1 Å². The first kappa shape index (κ1) is 27.6. The summed E-state index contributed by atoms with van der Waals surface area (Å²) in [6, 6.07) is 54.0. The Bertz CT molecular complexity index is 2500. The van der Waals surface area contributed by atoms with Gasteiger partial charge in [0.05, 0.1) is 0 Å². The standard InChI is InChI=1S/C43H31N3Si/c1-47(2)38-26-9-8-19-36(38)40-37(25-13-27-39(40)47)43-45-41(29-15-4-3-5-16-29)44-42(46-43)35-24-12-22-33-32(21-11-23-34(33)35)31-20-10-17-28-14-6-7-18-30(28)31/h3-27H,1-2H3. The van der Waals surface area contributed by atoms with E-state index in [1.54, 1.807) is 0 Å². The Morgan fingerprint density at radius 1 is 0.362 bits per heavy atom. The minimum atomic E-state index is -1.87. The molecule has 0 atom stereocenters. The molecular weight excluding hydrogens is 587 g/mol. The highest BCUT2D eigenvalue weighted by molar-refractivity contribution is 7.04. The molecule has 7 aromatic carbocycles. The molecule has 0 bridgehead atoms. The number of rotatable bonds is 4. The number of aromatic nitrogens is 3. The molecule has 0 fully saturated rings. The smallest absolute Gasteiger partial charge is 0.164 e. The van der Waals surface area contributed by atoms with Gasteiger partial charge in [-0.3, -0.25) is 0 Å². The summed E-state index contributed by atoms with van der Waals surface area (Å²) in [4.78, 5) is 15.6. The molecule has 47 heavy (non-hydrogen) atoms. The number of fused-ring (bicyclic) bond motifs is 5. The van der Waals surface area contributed by atoms with Crippen LogP contribution in [-0.4, -0.2) is 23.0 Å². The van der Waals surface area contributed by atoms with Crippen molar-refractivity contribution in [3.05, 3.63) is 152 Å². The second-order valence-corrected chi connectivity index (χ2v) is 17.1. The molecule has 0 radical (unpaired) electrons. The Labute approximate surface area is 275 Å². The number of hydrogen-bond donors (Lipinski definition) is 0. The van der Waals surface area contributed by atoms with E-state index in [-0.39, 0.29) is 0 Å². The van der Waals surface area contributed by atoms with Gasteiger partial charge in [0.1, 0.15) is 8.07 Å². The zero-order valence-corrected chi connectivity index (χ0v) is 27.3. The van der Waals surface area contributed by atoms with Gasteiger partial charge in [-0.1, -0.05) is 165 Å². The maximum atomic E-state index is 5.29. The number of benzene rings is 7. The van der Waals surface area contributed by atoms with Crippen LogP contribution in [0.4, 0.5) is 0 Å². The Kier molecular flexibility index (Phi) is 6.27. The third-order valence-corrected chi connectivity index (χ3v) is 13.3. The summed E-state index contributed by atoms with van der Waals surface area (Å²) in [6.07, 6.45) is 0. The van der Waals surface area contributed by atoms with E-state index < -0.39 is 8.07 Å². The molecule has 9 rings (SSSR count). The van der Waals surface area contributed by atoms with Gasteiger partial charge in [-0.25, -0.2) is 15.0 Å². The summed E-state index contributed by atoms with van der Waals surface area (Å²) in [5.41, 5.74) is 8.02. The molecule has 0 N–H and O–H groups in total. The highest BCUT2D eigenvalue weighted by Crippen LogP contribution is 2.39. The molecule has 0 amide bonds. The van der Waals surface area contributed by atoms with Crippen LogP contribution in [0.1, 0.15) is 0 Å². The number of hydrogen-bond acceptors (Lipinski definition) is 3. The summed E-state index contributed by atoms with van der Waals surface area (Å²) >= 11 is 0. The summed E-state index contributed by atoms with van der Waals surface area (Å²) in [7, 11) is -1.87. The molecule has 0 aliphatic carbocycles. The zero-order chi connectivity index (χ0) is 31.5. The van der Waals surface area contributed by atoms with Gasteiger partial charge in [-0.15, -0.1) is 0 Å². The van der Waals surface area contributed by atoms with Gasteiger partial charge >= 0.3 is 0 Å². The van der Waals surface area contributed by atoms with E-state index in [4.69, 9.17) is 15.0 Å². The van der Waals surface area contributed by atoms with Crippen LogP contribution in [0.3, 0.4) is 0 Å². The Morgan fingerprint density at radius 3 is 1.68 bits per heavy atom. The fraction of sp³-hybridized carbons (Fsp3) is 0.0465. The monoisotopic (exact) mass is 617 g/mol. The average molecular weight is 618 g/mol. The SMILES string of the molecule is C[Si]1(C)c2ccccc2-c2c(-c3nc(-c4ccccc4)nc(-c4cccc5c(-c6cccc7ccccc67)cccc45)n3)cccc21. The lowest BCUT2D eigenvalue weighted by Crippen LogP contribution is -2.49. The van der Waals surface area contributed by atoms with Gasteiger partial charge < -0.3 is 0 Å². The second kappa shape index (κ2) is 10.7. The van der Waals surface area contributed by atoms with Crippen molar-refractivity contribution < 1.29 is 0 Å². The summed E-state index contributed by atoms with van der Waals surface area (Å²) in [6.45, 7) is 4.89. The molecule has 1 aliphatic heterocycles. The van der Waals surface area contributed by atoms with Crippen molar-refractivity contribution in [2.45, 2.75) is 13.1 Å². The topological polar surface area (TPSA) is 38.7 Å². The van der Waals surface area contributed by atoms with Gasteiger partial charge in [0.2, 0.25) is 0 Å². The summed E-state index contributed by atoms with van der Waals surface area (Å²) < 4.78 is 0. The van der Waals surface area contributed by atoms with E-state index in [0.717, 1.165) is 22.1 Å². The Hall–Kier alpha value is -5.71. The molecule has 1 aliphatic rings. The lowest BCUT2D eigenvalue weighted by Gasteiger charge is -2.19. The van der Waals surface area contributed by atoms with Crippen LogP contribution >= 0.6 is 0 Å². The van der Waals surface area contributed by atoms with Gasteiger partial charge in [-0.2, -0.15) is 0 Å². The van der Waals surface area contributed by atoms with Gasteiger partial charge in [0, 0.05) is 16.7 Å². The maximum Gasteiger partial charge on any atom is 0.164 e. The van der Waals surface area contributed by atoms with Gasteiger partial charge in [-0.05, 0) is 54.2 Å². The minimum Gasteiger partial charge on any atom is -0.208 e. The lowest BCUT2D eigenvalue weighted by molar-refractivity contribution is 1.08. The normalized spacial score (nSPS) is 13.1. The first-order valence-corrected chi connectivity index (χ1v) is 19.1. The van der Waals surface area contributed by atoms with Crippen LogP contribution in [-0.2, 0) is 0 Å². The molecule has 0 saturated carbocycles. The van der Waals surface area contributed by atoms with E-state index >= 15 is 0 Å². The van der Waals surface area contributed by atoms with E-state index in [0.29, 0.717) is 17.5 Å². The van der Waals surface area contributed by atoms with Crippen molar-refractivity contribution in [3.63, 3.8) is 0 Å². The molecule has 1 aromatic heterocycles. The van der Waals surface area contributed by atoms with Crippen molar-refractivity contribution in [2.24, 2.45) is 0 Å². The zero-order valence-electron chi connectivity index (χ0n) is 26.3. The predicted molar refractivity (Wildman–Crippen MR) is 199 cm³/mol. The van der Waals surface area contributed by atoms with Crippen molar-refractivity contribution in [1.82, 2.24) is 15.0 Å². The molecule has 2 heterocycles. The van der Waals surface area contributed by atoms with E-state index in [1.165, 1.54) is 48.8 Å². The van der Waals surface area contributed by atoms with Crippen LogP contribution < -0.4 is 10.4 Å². The Balaban J connectivity index is 1.30. The molecule has 0 spiro atoms. The highest BCUT2D eigenvalue weighted by atomic mass is 28.3.